The van der Waals surface area contributed by atoms with Gasteiger partial charge in [-0.15, -0.1) is 0 Å². The van der Waals surface area contributed by atoms with Crippen LogP contribution < -0.4 is 15.5 Å². The summed E-state index contributed by atoms with van der Waals surface area (Å²) in [5.74, 6) is -0.190. The monoisotopic (exact) mass is 501 g/mol. The van der Waals surface area contributed by atoms with Gasteiger partial charge < -0.3 is 24.1 Å². The number of alkyl halides is 3. The van der Waals surface area contributed by atoms with Crippen molar-refractivity contribution >= 4 is 18.7 Å². The molecule has 1 aliphatic rings. The van der Waals surface area contributed by atoms with Gasteiger partial charge >= 0.3 is 19.4 Å². The van der Waals surface area contributed by atoms with Crippen LogP contribution in [0.5, 0.6) is 5.75 Å². The first kappa shape index (κ1) is 29.3. The van der Waals surface area contributed by atoms with E-state index in [1.807, 2.05) is 41.5 Å². The highest BCUT2D eigenvalue weighted by Gasteiger charge is 2.52. The molecule has 1 aromatic rings. The molecule has 0 aromatic heterocycles. The molecular formula is C25H39BF3NO5. The number of hydrogen-bond donors (Lipinski definition) is 1. The molecule has 0 radical (unpaired) electrons. The van der Waals surface area contributed by atoms with Crippen LogP contribution in [0.4, 0.5) is 18.0 Å². The van der Waals surface area contributed by atoms with Crippen molar-refractivity contribution in [1.29, 1.82) is 0 Å². The molecule has 6 nitrogen and oxygen atoms in total. The zero-order valence-corrected chi connectivity index (χ0v) is 22.5. The Kier molecular flexibility index (Phi) is 8.24. The molecule has 2 rings (SSSR count). The van der Waals surface area contributed by atoms with Crippen LogP contribution in [-0.2, 0) is 20.2 Å². The summed E-state index contributed by atoms with van der Waals surface area (Å²) in [5, 5.41) is 2.78. The summed E-state index contributed by atoms with van der Waals surface area (Å²) < 4.78 is 64.8. The second kappa shape index (κ2) is 9.84. The Morgan fingerprint density at radius 1 is 1.06 bits per heavy atom. The Morgan fingerprint density at radius 3 is 2.06 bits per heavy atom. The maximum absolute atomic E-state index is 14.0. The smallest absolute Gasteiger partial charge is 0.491 e. The van der Waals surface area contributed by atoms with E-state index in [0.717, 1.165) is 6.07 Å². The van der Waals surface area contributed by atoms with Crippen molar-refractivity contribution < 1.29 is 36.7 Å². The van der Waals surface area contributed by atoms with Crippen molar-refractivity contribution in [2.24, 2.45) is 5.92 Å². The summed E-state index contributed by atoms with van der Waals surface area (Å²) in [7, 11) is -0.935. The lowest BCUT2D eigenvalue weighted by Gasteiger charge is -2.33. The molecule has 1 atom stereocenters. The highest BCUT2D eigenvalue weighted by Crippen LogP contribution is 2.39. The molecular weight excluding hydrogens is 462 g/mol. The first-order chi connectivity index (χ1) is 15.6. The number of rotatable bonds is 7. The molecule has 1 fully saturated rings. The third-order valence-corrected chi connectivity index (χ3v) is 6.04. The van der Waals surface area contributed by atoms with Gasteiger partial charge in [0.1, 0.15) is 18.0 Å². The maximum Gasteiger partial charge on any atom is 0.494 e. The van der Waals surface area contributed by atoms with Gasteiger partial charge in [0.2, 0.25) is 0 Å². The molecule has 1 heterocycles. The number of nitrogens with one attached hydrogen (secondary N) is 1. The second-order valence-electron chi connectivity index (χ2n) is 11.9. The van der Waals surface area contributed by atoms with Crippen LogP contribution in [-0.4, -0.2) is 42.2 Å². The van der Waals surface area contributed by atoms with E-state index in [0.29, 0.717) is 6.42 Å². The van der Waals surface area contributed by atoms with Crippen molar-refractivity contribution in [2.75, 3.05) is 6.61 Å². The Balaban J connectivity index is 2.29. The number of alkyl carbamates (subject to hydrolysis) is 1. The Labute approximate surface area is 207 Å². The van der Waals surface area contributed by atoms with E-state index in [4.69, 9.17) is 18.8 Å². The Morgan fingerprint density at radius 2 is 1.60 bits per heavy atom. The lowest BCUT2D eigenvalue weighted by Crippen LogP contribution is -2.52. The van der Waals surface area contributed by atoms with E-state index in [9.17, 15) is 18.0 Å². The number of ether oxygens (including phenoxy) is 2. The lowest BCUT2D eigenvalue weighted by atomic mass is 9.78. The van der Waals surface area contributed by atoms with E-state index in [-0.39, 0.29) is 23.7 Å². The van der Waals surface area contributed by atoms with Gasteiger partial charge in [0, 0.05) is 0 Å². The largest absolute Gasteiger partial charge is 0.494 e. The van der Waals surface area contributed by atoms with E-state index in [1.54, 1.807) is 27.7 Å². The van der Waals surface area contributed by atoms with Gasteiger partial charge in [-0.05, 0) is 85.3 Å². The van der Waals surface area contributed by atoms with Crippen molar-refractivity contribution in [3.63, 3.8) is 0 Å². The summed E-state index contributed by atoms with van der Waals surface area (Å²) in [6, 6.07) is 3.78. The molecule has 0 bridgehead atoms. The zero-order chi connectivity index (χ0) is 27.0. The predicted octanol–water partition coefficient (Wildman–Crippen LogP) is 5.71. The van der Waals surface area contributed by atoms with Gasteiger partial charge in [-0.2, -0.15) is 13.2 Å². The van der Waals surface area contributed by atoms with Gasteiger partial charge in [-0.25, -0.2) is 4.79 Å². The summed E-state index contributed by atoms with van der Waals surface area (Å²) in [5.41, 5.74) is -3.72. The molecule has 0 saturated carbocycles. The van der Waals surface area contributed by atoms with E-state index < -0.39 is 47.3 Å². The van der Waals surface area contributed by atoms with Crippen molar-refractivity contribution in [3.05, 3.63) is 23.8 Å². The van der Waals surface area contributed by atoms with Gasteiger partial charge in [0.05, 0.1) is 22.3 Å². The number of carbonyl (C=O) groups excluding carboxylic acids is 1. The molecule has 1 aromatic carbocycles. The summed E-state index contributed by atoms with van der Waals surface area (Å²) in [6.07, 6.45) is -4.85. The lowest BCUT2D eigenvalue weighted by molar-refractivity contribution is -0.139. The molecule has 35 heavy (non-hydrogen) atoms. The molecule has 1 amide bonds. The van der Waals surface area contributed by atoms with E-state index in [1.165, 1.54) is 12.1 Å². The van der Waals surface area contributed by atoms with Crippen molar-refractivity contribution in [1.82, 2.24) is 5.32 Å². The number of halogens is 3. The molecule has 1 aliphatic heterocycles. The number of benzene rings is 1. The van der Waals surface area contributed by atoms with Crippen LogP contribution in [0.25, 0.3) is 0 Å². The first-order valence-corrected chi connectivity index (χ1v) is 11.8. The van der Waals surface area contributed by atoms with Crippen LogP contribution in [0.1, 0.15) is 81.2 Å². The minimum Gasteiger partial charge on any atom is -0.491 e. The van der Waals surface area contributed by atoms with Crippen LogP contribution in [0, 0.1) is 5.92 Å². The third kappa shape index (κ3) is 7.77. The number of amides is 1. The fraction of sp³-hybridized carbons (Fsp3) is 0.720. The summed E-state index contributed by atoms with van der Waals surface area (Å²) >= 11 is 0. The standard InChI is InChI=1S/C25H39BF3NO5/c1-16(2)14-24(10,30-20(31)33-21(3,4)5)15-32-19-12-11-17(13-18(19)25(27,28)29)26-34-22(6,7)23(8,9)35-26/h11-13,16H,14-15H2,1-10H3,(H,30,31). The molecule has 1 unspecified atom stereocenters. The molecule has 1 saturated heterocycles. The SMILES string of the molecule is CC(C)CC(C)(COc1ccc(B2OC(C)(C)C(C)(C)O2)cc1C(F)(F)F)NC(=O)OC(C)(C)C. The van der Waals surface area contributed by atoms with Gasteiger partial charge in [-0.1, -0.05) is 19.9 Å². The predicted molar refractivity (Wildman–Crippen MR) is 130 cm³/mol. The van der Waals surface area contributed by atoms with Gasteiger partial charge in [-0.3, -0.25) is 0 Å². The highest BCUT2D eigenvalue weighted by molar-refractivity contribution is 6.62. The van der Waals surface area contributed by atoms with E-state index in [2.05, 4.69) is 5.32 Å². The van der Waals surface area contributed by atoms with Crippen molar-refractivity contribution in [3.8, 4) is 5.75 Å². The quantitative estimate of drug-likeness (QED) is 0.485. The van der Waals surface area contributed by atoms with Crippen LogP contribution in [0.3, 0.4) is 0 Å². The first-order valence-electron chi connectivity index (χ1n) is 11.8. The van der Waals surface area contributed by atoms with E-state index >= 15 is 0 Å². The zero-order valence-electron chi connectivity index (χ0n) is 22.5. The molecule has 10 heteroatoms. The molecule has 0 aliphatic carbocycles. The average molecular weight is 501 g/mol. The third-order valence-electron chi connectivity index (χ3n) is 6.04. The number of hydrogen-bond acceptors (Lipinski definition) is 5. The highest BCUT2D eigenvalue weighted by atomic mass is 19.4. The molecule has 1 N–H and O–H groups in total. The normalized spacial score (nSPS) is 19.4. The minimum absolute atomic E-state index is 0.145. The summed E-state index contributed by atoms with van der Waals surface area (Å²) in [6.45, 7) is 18.0. The maximum atomic E-state index is 14.0. The van der Waals surface area contributed by atoms with Crippen LogP contribution >= 0.6 is 0 Å². The molecule has 198 valence electrons. The fourth-order valence-electron chi connectivity index (χ4n) is 3.85. The Bertz CT molecular complexity index is 895. The Hall–Kier alpha value is -1.94. The van der Waals surface area contributed by atoms with Gasteiger partial charge in [0.15, 0.2) is 0 Å². The second-order valence-corrected chi connectivity index (χ2v) is 11.9. The average Bonchev–Trinajstić information content (AvgIpc) is 2.84. The fourth-order valence-corrected chi connectivity index (χ4v) is 3.85. The van der Waals surface area contributed by atoms with Gasteiger partial charge in [0.25, 0.3) is 0 Å². The topological polar surface area (TPSA) is 66.0 Å². The van der Waals surface area contributed by atoms with Crippen LogP contribution in [0.2, 0.25) is 0 Å². The minimum atomic E-state index is -4.66. The van der Waals surface area contributed by atoms with Crippen molar-refractivity contribution in [2.45, 2.75) is 104 Å². The molecule has 0 spiro atoms. The summed E-state index contributed by atoms with van der Waals surface area (Å²) in [4.78, 5) is 12.4. The van der Waals surface area contributed by atoms with Crippen LogP contribution in [0.15, 0.2) is 18.2 Å². The number of carbonyl (C=O) groups is 1.